The smallest absolute Gasteiger partial charge is 0.232 e. The molecule has 4 nitrogen and oxygen atoms in total. The molecule has 0 aromatic rings. The maximum Gasteiger partial charge on any atom is 0.232 e. The maximum atomic E-state index is 11.4. The summed E-state index contributed by atoms with van der Waals surface area (Å²) in [5.41, 5.74) is 0. The van der Waals surface area contributed by atoms with Gasteiger partial charge < -0.3 is 10.4 Å². The second kappa shape index (κ2) is 7.79. The summed E-state index contributed by atoms with van der Waals surface area (Å²) in [7, 11) is -1.22. The van der Waals surface area contributed by atoms with Crippen molar-refractivity contribution in [3.8, 4) is 0 Å². The molecule has 0 aliphatic heterocycles. The Morgan fingerprint density at radius 2 is 2.00 bits per heavy atom. The van der Waals surface area contributed by atoms with Crippen LogP contribution in [0.15, 0.2) is 0 Å². The second-order valence-corrected chi connectivity index (χ2v) is 5.90. The lowest BCUT2D eigenvalue weighted by Gasteiger charge is -2.21. The van der Waals surface area contributed by atoms with Crippen LogP contribution in [0.5, 0.6) is 0 Å². The number of aliphatic hydroxyl groups is 1. The maximum absolute atomic E-state index is 11.4. The Hall–Kier alpha value is -0.420. The summed E-state index contributed by atoms with van der Waals surface area (Å²) in [4.78, 5) is 11.4. The van der Waals surface area contributed by atoms with E-state index in [0.29, 0.717) is 5.92 Å². The molecule has 1 fully saturated rings. The van der Waals surface area contributed by atoms with Crippen LogP contribution in [-0.4, -0.2) is 39.9 Å². The topological polar surface area (TPSA) is 66.4 Å². The zero-order valence-electron chi connectivity index (χ0n) is 9.61. The summed E-state index contributed by atoms with van der Waals surface area (Å²) < 4.78 is 11.2. The van der Waals surface area contributed by atoms with Gasteiger partial charge in [-0.3, -0.25) is 9.00 Å². The van der Waals surface area contributed by atoms with E-state index in [1.165, 1.54) is 32.1 Å². The van der Waals surface area contributed by atoms with Gasteiger partial charge in [-0.1, -0.05) is 19.3 Å². The van der Waals surface area contributed by atoms with Crippen molar-refractivity contribution in [1.29, 1.82) is 0 Å². The first kappa shape index (κ1) is 13.6. The van der Waals surface area contributed by atoms with Gasteiger partial charge in [-0.15, -0.1) is 0 Å². The highest BCUT2D eigenvalue weighted by molar-refractivity contribution is 7.85. The van der Waals surface area contributed by atoms with Crippen molar-refractivity contribution in [1.82, 2.24) is 5.32 Å². The van der Waals surface area contributed by atoms with Gasteiger partial charge in [0, 0.05) is 23.1 Å². The van der Waals surface area contributed by atoms with E-state index in [2.05, 4.69) is 5.32 Å². The summed E-state index contributed by atoms with van der Waals surface area (Å²) in [5.74, 6) is 0.658. The molecule has 0 radical (unpaired) electrons. The molecule has 1 saturated carbocycles. The molecule has 1 amide bonds. The number of amides is 1. The third-order valence-corrected chi connectivity index (χ3v) is 4.15. The van der Waals surface area contributed by atoms with Gasteiger partial charge in [0.1, 0.15) is 5.75 Å². The molecule has 1 aliphatic rings. The highest BCUT2D eigenvalue weighted by Crippen LogP contribution is 2.22. The predicted octanol–water partition coefficient (Wildman–Crippen LogP) is 0.424. The quantitative estimate of drug-likeness (QED) is 0.715. The highest BCUT2D eigenvalue weighted by Gasteiger charge is 2.14. The molecule has 2 N–H and O–H groups in total. The van der Waals surface area contributed by atoms with Crippen molar-refractivity contribution in [3.05, 3.63) is 0 Å². The summed E-state index contributed by atoms with van der Waals surface area (Å²) >= 11 is 0. The molecule has 16 heavy (non-hydrogen) atoms. The minimum absolute atomic E-state index is 0.0211. The lowest BCUT2D eigenvalue weighted by molar-refractivity contribution is -0.118. The van der Waals surface area contributed by atoms with E-state index in [1.807, 2.05) is 0 Å². The fraction of sp³-hybridized carbons (Fsp3) is 0.909. The Morgan fingerprint density at radius 1 is 1.31 bits per heavy atom. The largest absolute Gasteiger partial charge is 0.395 e. The zero-order valence-corrected chi connectivity index (χ0v) is 10.4. The Balaban J connectivity index is 2.11. The second-order valence-electron chi connectivity index (χ2n) is 4.32. The Labute approximate surface area is 99.3 Å². The fourth-order valence-corrected chi connectivity index (χ4v) is 2.76. The van der Waals surface area contributed by atoms with Crippen LogP contribution in [0.25, 0.3) is 0 Å². The first-order chi connectivity index (χ1) is 7.72. The van der Waals surface area contributed by atoms with E-state index < -0.39 is 10.8 Å². The molecule has 0 saturated heterocycles. The summed E-state index contributed by atoms with van der Waals surface area (Å²) in [6.45, 7) is 0.595. The number of hydrogen-bond acceptors (Lipinski definition) is 3. The summed E-state index contributed by atoms with van der Waals surface area (Å²) in [6.07, 6.45) is 6.22. The van der Waals surface area contributed by atoms with Crippen molar-refractivity contribution in [2.24, 2.45) is 5.92 Å². The van der Waals surface area contributed by atoms with Crippen molar-refractivity contribution in [2.75, 3.05) is 24.7 Å². The van der Waals surface area contributed by atoms with E-state index in [0.717, 1.165) is 6.54 Å². The Kier molecular flexibility index (Phi) is 6.64. The zero-order chi connectivity index (χ0) is 11.8. The van der Waals surface area contributed by atoms with Gasteiger partial charge in [-0.2, -0.15) is 0 Å². The van der Waals surface area contributed by atoms with Gasteiger partial charge in [-0.25, -0.2) is 0 Å². The molecule has 0 bridgehead atoms. The predicted molar refractivity (Wildman–Crippen MR) is 64.5 cm³/mol. The molecular formula is C11H21NO3S. The van der Waals surface area contributed by atoms with E-state index in [4.69, 9.17) is 5.11 Å². The fourth-order valence-electron chi connectivity index (χ4n) is 2.02. The highest BCUT2D eigenvalue weighted by atomic mass is 32.2. The first-order valence-corrected chi connectivity index (χ1v) is 7.43. The van der Waals surface area contributed by atoms with E-state index >= 15 is 0 Å². The lowest BCUT2D eigenvalue weighted by atomic mass is 9.89. The molecule has 1 unspecified atom stereocenters. The molecule has 0 heterocycles. The van der Waals surface area contributed by atoms with Crippen LogP contribution in [0.2, 0.25) is 0 Å². The van der Waals surface area contributed by atoms with E-state index in [1.54, 1.807) is 0 Å². The van der Waals surface area contributed by atoms with Crippen LogP contribution in [0.4, 0.5) is 0 Å². The minimum atomic E-state index is -1.22. The van der Waals surface area contributed by atoms with Crippen molar-refractivity contribution in [2.45, 2.75) is 32.1 Å². The molecule has 0 aromatic heterocycles. The third kappa shape index (κ3) is 5.61. The van der Waals surface area contributed by atoms with E-state index in [-0.39, 0.29) is 24.0 Å². The van der Waals surface area contributed by atoms with Gasteiger partial charge in [0.15, 0.2) is 0 Å². The number of aliphatic hydroxyl groups excluding tert-OH is 1. The Bertz CT molecular complexity index is 239. The number of carbonyl (C=O) groups is 1. The van der Waals surface area contributed by atoms with Crippen LogP contribution < -0.4 is 5.32 Å². The molecule has 94 valence electrons. The van der Waals surface area contributed by atoms with Crippen LogP contribution in [0.1, 0.15) is 32.1 Å². The third-order valence-electron chi connectivity index (χ3n) is 2.92. The average Bonchev–Trinajstić information content (AvgIpc) is 2.28. The van der Waals surface area contributed by atoms with Gasteiger partial charge in [0.2, 0.25) is 5.91 Å². The van der Waals surface area contributed by atoms with Gasteiger partial charge in [0.25, 0.3) is 0 Å². The molecular weight excluding hydrogens is 226 g/mol. The van der Waals surface area contributed by atoms with Crippen LogP contribution in [0.3, 0.4) is 0 Å². The molecule has 5 heteroatoms. The molecule has 1 atom stereocenters. The van der Waals surface area contributed by atoms with Crippen molar-refractivity contribution >= 4 is 16.7 Å². The number of carbonyl (C=O) groups excluding carboxylic acids is 1. The van der Waals surface area contributed by atoms with Crippen molar-refractivity contribution < 1.29 is 14.1 Å². The monoisotopic (exact) mass is 247 g/mol. The lowest BCUT2D eigenvalue weighted by Crippen LogP contribution is -2.33. The molecule has 0 aromatic carbocycles. The number of hydrogen-bond donors (Lipinski definition) is 2. The summed E-state index contributed by atoms with van der Waals surface area (Å²) in [5, 5.41) is 11.4. The normalized spacial score (nSPS) is 19.3. The van der Waals surface area contributed by atoms with E-state index in [9.17, 15) is 9.00 Å². The van der Waals surface area contributed by atoms with Crippen molar-refractivity contribution in [3.63, 3.8) is 0 Å². The van der Waals surface area contributed by atoms with Gasteiger partial charge >= 0.3 is 0 Å². The molecule has 1 rings (SSSR count). The first-order valence-electron chi connectivity index (χ1n) is 5.95. The molecule has 1 aliphatic carbocycles. The SMILES string of the molecule is O=C(CS(=O)CCO)NCC1CCCCC1. The Morgan fingerprint density at radius 3 is 2.62 bits per heavy atom. The van der Waals surface area contributed by atoms with Crippen LogP contribution in [-0.2, 0) is 15.6 Å². The molecule has 0 spiro atoms. The summed E-state index contributed by atoms with van der Waals surface area (Å²) in [6, 6.07) is 0. The van der Waals surface area contributed by atoms with Crippen LogP contribution in [0, 0.1) is 5.92 Å². The van der Waals surface area contributed by atoms with Gasteiger partial charge in [-0.05, 0) is 18.8 Å². The standard InChI is InChI=1S/C11H21NO3S/c13-6-7-16(15)9-11(14)12-8-10-4-2-1-3-5-10/h10,13H,1-9H2,(H,12,14). The number of nitrogens with one attached hydrogen (secondary N) is 1. The van der Waals surface area contributed by atoms with Gasteiger partial charge in [0.05, 0.1) is 6.61 Å². The average molecular weight is 247 g/mol. The van der Waals surface area contributed by atoms with Crippen LogP contribution >= 0.6 is 0 Å². The number of rotatable bonds is 6. The minimum Gasteiger partial charge on any atom is -0.395 e.